The van der Waals surface area contributed by atoms with Gasteiger partial charge in [0, 0.05) is 26.2 Å². The Balaban J connectivity index is 1.20. The summed E-state index contributed by atoms with van der Waals surface area (Å²) in [6.07, 6.45) is 3.60. The summed E-state index contributed by atoms with van der Waals surface area (Å²) < 4.78 is 34.3. The van der Waals surface area contributed by atoms with Gasteiger partial charge in [0.1, 0.15) is 12.4 Å². The van der Waals surface area contributed by atoms with Crippen LogP contribution in [0.1, 0.15) is 57.2 Å². The third-order valence-electron chi connectivity index (χ3n) is 7.80. The van der Waals surface area contributed by atoms with Crippen molar-refractivity contribution in [2.75, 3.05) is 29.9 Å². The molecule has 2 N–H and O–H groups in total. The van der Waals surface area contributed by atoms with Crippen LogP contribution in [0.3, 0.4) is 0 Å². The van der Waals surface area contributed by atoms with E-state index < -0.39 is 30.0 Å². The van der Waals surface area contributed by atoms with Crippen molar-refractivity contribution in [1.29, 1.82) is 0 Å². The van der Waals surface area contributed by atoms with Crippen LogP contribution in [0.4, 0.5) is 25.3 Å². The molecule has 2 aromatic rings. The summed E-state index contributed by atoms with van der Waals surface area (Å²) in [6, 6.07) is 8.26. The number of piperidine rings is 1. The van der Waals surface area contributed by atoms with Gasteiger partial charge in [-0.1, -0.05) is 24.3 Å². The standard InChI is InChI=1S/C27H34F2N6O3/c1-17(31-24-30-12-10-23(33-24)35-25(37)38-16-26(35,3)21-8-9-21)20-6-4-19(5-7-20)14-34-13-11-22(32-18(2)36)27(28,29)15-34/h4-7,10,12,17,21-22H,8-9,11,13-16H2,1-3H3,(H,32,36)(H,30,31,33)/t17-,22?,26?/m0/s1. The van der Waals surface area contributed by atoms with Crippen molar-refractivity contribution in [1.82, 2.24) is 20.2 Å². The lowest BCUT2D eigenvalue weighted by Gasteiger charge is -2.38. The Bertz CT molecular complexity index is 1190. The van der Waals surface area contributed by atoms with Gasteiger partial charge in [0.15, 0.2) is 0 Å². The van der Waals surface area contributed by atoms with Crippen molar-refractivity contribution in [3.8, 4) is 0 Å². The highest BCUT2D eigenvalue weighted by atomic mass is 19.3. The Hall–Kier alpha value is -3.34. The Morgan fingerprint density at radius 3 is 2.61 bits per heavy atom. The zero-order valence-corrected chi connectivity index (χ0v) is 21.9. The van der Waals surface area contributed by atoms with Crippen molar-refractivity contribution in [3.05, 3.63) is 47.7 Å². The number of anilines is 2. The number of amides is 2. The summed E-state index contributed by atoms with van der Waals surface area (Å²) in [7, 11) is 0. The topological polar surface area (TPSA) is 99.7 Å². The molecular weight excluding hydrogens is 494 g/mol. The maximum absolute atomic E-state index is 14.5. The van der Waals surface area contributed by atoms with Gasteiger partial charge in [0.25, 0.3) is 5.92 Å². The fraction of sp³-hybridized carbons (Fsp3) is 0.556. The van der Waals surface area contributed by atoms with Crippen molar-refractivity contribution in [3.63, 3.8) is 0 Å². The number of nitrogens with one attached hydrogen (secondary N) is 2. The first-order chi connectivity index (χ1) is 18.0. The molecule has 3 fully saturated rings. The predicted octanol–water partition coefficient (Wildman–Crippen LogP) is 4.12. The van der Waals surface area contributed by atoms with Gasteiger partial charge in [0.2, 0.25) is 11.9 Å². The molecule has 11 heteroatoms. The van der Waals surface area contributed by atoms with E-state index >= 15 is 0 Å². The minimum absolute atomic E-state index is 0.127. The van der Waals surface area contributed by atoms with Crippen LogP contribution in [0.25, 0.3) is 0 Å². The number of aromatic nitrogens is 2. The molecule has 3 aliphatic rings. The Morgan fingerprint density at radius 2 is 1.95 bits per heavy atom. The molecule has 1 aliphatic carbocycles. The average molecular weight is 529 g/mol. The molecule has 3 heterocycles. The predicted molar refractivity (Wildman–Crippen MR) is 138 cm³/mol. The van der Waals surface area contributed by atoms with Gasteiger partial charge in [-0.2, -0.15) is 4.98 Å². The molecular formula is C27H34F2N6O3. The molecule has 2 unspecified atom stereocenters. The van der Waals surface area contributed by atoms with Crippen molar-refractivity contribution < 1.29 is 23.1 Å². The van der Waals surface area contributed by atoms with Crippen LogP contribution >= 0.6 is 0 Å². The highest BCUT2D eigenvalue weighted by Crippen LogP contribution is 2.47. The number of nitrogens with zero attached hydrogens (tertiary/aromatic N) is 4. The first kappa shape index (κ1) is 26.3. The van der Waals surface area contributed by atoms with Gasteiger partial charge >= 0.3 is 6.09 Å². The number of rotatable bonds is 8. The zero-order valence-electron chi connectivity index (χ0n) is 21.9. The largest absolute Gasteiger partial charge is 0.447 e. The second-order valence-corrected chi connectivity index (χ2v) is 10.9. The highest BCUT2D eigenvalue weighted by Gasteiger charge is 2.54. The molecule has 0 bridgehead atoms. The van der Waals surface area contributed by atoms with Crippen LogP contribution in [0.2, 0.25) is 0 Å². The van der Waals surface area contributed by atoms with E-state index in [9.17, 15) is 18.4 Å². The van der Waals surface area contributed by atoms with Crippen LogP contribution in [0.5, 0.6) is 0 Å². The Morgan fingerprint density at radius 1 is 1.21 bits per heavy atom. The quantitative estimate of drug-likeness (QED) is 0.532. The lowest BCUT2D eigenvalue weighted by Crippen LogP contribution is -2.57. The minimum Gasteiger partial charge on any atom is -0.447 e. The van der Waals surface area contributed by atoms with Gasteiger partial charge in [-0.15, -0.1) is 0 Å². The van der Waals surface area contributed by atoms with Crippen LogP contribution in [-0.2, 0) is 16.1 Å². The maximum atomic E-state index is 14.5. The van der Waals surface area contributed by atoms with Gasteiger partial charge < -0.3 is 15.4 Å². The number of alkyl halides is 2. The summed E-state index contributed by atoms with van der Waals surface area (Å²) in [4.78, 5) is 36.0. The lowest BCUT2D eigenvalue weighted by atomic mass is 9.96. The van der Waals surface area contributed by atoms with Crippen LogP contribution in [0, 0.1) is 5.92 Å². The summed E-state index contributed by atoms with van der Waals surface area (Å²) in [5, 5.41) is 5.67. The molecule has 2 amide bonds. The SMILES string of the molecule is CC(=O)NC1CCN(Cc2ccc([C@H](C)Nc3nccc(N4C(=O)OCC4(C)C4CC4)n3)cc2)CC1(F)F. The average Bonchev–Trinajstić information content (AvgIpc) is 3.67. The molecule has 1 saturated carbocycles. The molecule has 2 saturated heterocycles. The normalized spacial score (nSPS) is 26.1. The highest BCUT2D eigenvalue weighted by molar-refractivity contribution is 5.90. The van der Waals surface area contributed by atoms with Crippen molar-refractivity contribution in [2.45, 2.75) is 70.1 Å². The van der Waals surface area contributed by atoms with Gasteiger partial charge in [0.05, 0.1) is 24.2 Å². The molecule has 9 nitrogen and oxygen atoms in total. The molecule has 1 aromatic carbocycles. The first-order valence-corrected chi connectivity index (χ1v) is 13.1. The molecule has 0 spiro atoms. The number of hydrogen-bond donors (Lipinski definition) is 2. The monoisotopic (exact) mass is 528 g/mol. The van der Waals surface area contributed by atoms with Crippen molar-refractivity contribution >= 4 is 23.8 Å². The Kier molecular flexibility index (Phi) is 6.97. The fourth-order valence-corrected chi connectivity index (χ4v) is 5.46. The fourth-order valence-electron chi connectivity index (χ4n) is 5.46. The van der Waals surface area contributed by atoms with Crippen LogP contribution in [-0.4, -0.2) is 64.1 Å². The van der Waals surface area contributed by atoms with Gasteiger partial charge in [-0.05, 0) is 56.2 Å². The van der Waals surface area contributed by atoms with E-state index in [0.29, 0.717) is 37.4 Å². The van der Waals surface area contributed by atoms with E-state index in [4.69, 9.17) is 4.74 Å². The molecule has 2 aliphatic heterocycles. The van der Waals surface area contributed by atoms with E-state index in [-0.39, 0.29) is 18.6 Å². The second kappa shape index (κ2) is 10.1. The molecule has 1 aromatic heterocycles. The Labute approximate surface area is 221 Å². The summed E-state index contributed by atoms with van der Waals surface area (Å²) in [5.74, 6) is -2.08. The van der Waals surface area contributed by atoms with E-state index in [1.165, 1.54) is 6.92 Å². The third kappa shape index (κ3) is 5.43. The maximum Gasteiger partial charge on any atom is 0.416 e. The molecule has 0 radical (unpaired) electrons. The minimum atomic E-state index is -2.97. The molecule has 38 heavy (non-hydrogen) atoms. The number of likely N-dealkylation sites (tertiary alicyclic amines) is 1. The molecule has 204 valence electrons. The van der Waals surface area contributed by atoms with E-state index in [1.807, 2.05) is 38.1 Å². The van der Waals surface area contributed by atoms with E-state index in [2.05, 4.69) is 20.6 Å². The number of ether oxygens (including phenoxy) is 1. The van der Waals surface area contributed by atoms with Crippen molar-refractivity contribution in [2.24, 2.45) is 5.92 Å². The number of carbonyl (C=O) groups excluding carboxylic acids is 2. The third-order valence-corrected chi connectivity index (χ3v) is 7.80. The summed E-state index contributed by atoms with van der Waals surface area (Å²) in [5.41, 5.74) is 1.52. The second-order valence-electron chi connectivity index (χ2n) is 10.9. The first-order valence-electron chi connectivity index (χ1n) is 13.1. The van der Waals surface area contributed by atoms with Gasteiger partial charge in [-0.25, -0.2) is 18.6 Å². The van der Waals surface area contributed by atoms with E-state index in [1.54, 1.807) is 22.1 Å². The zero-order chi connectivity index (χ0) is 27.1. The molecule has 5 rings (SSSR count). The summed E-state index contributed by atoms with van der Waals surface area (Å²) in [6.45, 7) is 6.14. The summed E-state index contributed by atoms with van der Waals surface area (Å²) >= 11 is 0. The lowest BCUT2D eigenvalue weighted by molar-refractivity contribution is -0.129. The number of halogens is 2. The van der Waals surface area contributed by atoms with Crippen LogP contribution < -0.4 is 15.5 Å². The smallest absolute Gasteiger partial charge is 0.416 e. The van der Waals surface area contributed by atoms with Crippen LogP contribution in [0.15, 0.2) is 36.5 Å². The number of carbonyl (C=O) groups is 2. The van der Waals surface area contributed by atoms with Gasteiger partial charge in [-0.3, -0.25) is 14.6 Å². The number of cyclic esters (lactones) is 1. The number of benzene rings is 1. The molecule has 3 atom stereocenters. The number of hydrogen-bond acceptors (Lipinski definition) is 7. The van der Waals surface area contributed by atoms with E-state index in [0.717, 1.165) is 24.0 Å².